The average molecular weight is 1450 g/mol. The van der Waals surface area contributed by atoms with E-state index in [1.54, 1.807) is 0 Å². The van der Waals surface area contributed by atoms with E-state index in [9.17, 15) is 75.0 Å². The molecule has 11 bridgehead atoms. The number of fused-ring (bicyclic) bond motifs is 15. The van der Waals surface area contributed by atoms with Crippen molar-refractivity contribution in [3.05, 3.63) is 117 Å². The lowest BCUT2D eigenvalue weighted by Crippen LogP contribution is -2.64. The van der Waals surface area contributed by atoms with E-state index in [2.05, 4.69) is 37.2 Å². The zero-order chi connectivity index (χ0) is 73.5. The second-order valence-electron chi connectivity index (χ2n) is 25.7. The second kappa shape index (κ2) is 30.2. The summed E-state index contributed by atoms with van der Waals surface area (Å²) in [5.74, 6) is -16.0. The molecule has 101 heavy (non-hydrogen) atoms. The number of phenolic OH excluding ortho intramolecular Hbond substituents is 3. The quantitative estimate of drug-likeness (QED) is 0.0743. The van der Waals surface area contributed by atoms with Gasteiger partial charge in [0, 0.05) is 34.7 Å². The third-order valence-electron chi connectivity index (χ3n) is 17.8. The van der Waals surface area contributed by atoms with E-state index >= 15 is 14.4 Å². The molecule has 2 saturated heterocycles. The highest BCUT2D eigenvalue weighted by Gasteiger charge is 2.51. The summed E-state index contributed by atoms with van der Waals surface area (Å²) in [6, 6.07) is -0.679. The third kappa shape index (κ3) is 15.8. The number of aliphatic hydroxyl groups is 6. The predicted octanol–water partition coefficient (Wildman–Crippen LogP) is 0.106. The fourth-order valence-corrected chi connectivity index (χ4v) is 12.9. The minimum atomic E-state index is -2.35. The average Bonchev–Trinajstić information content (AvgIpc) is 0.775. The number of rotatable bonds is 13. The Hall–Kier alpha value is -9.20. The van der Waals surface area contributed by atoms with Crippen LogP contribution in [0.15, 0.2) is 78.9 Å². The zero-order valence-corrected chi connectivity index (χ0v) is 55.8. The summed E-state index contributed by atoms with van der Waals surface area (Å²) in [5.41, 5.74) is 8.00. The highest BCUT2D eigenvalue weighted by Crippen LogP contribution is 2.50. The van der Waals surface area contributed by atoms with Crippen molar-refractivity contribution < 1.29 is 118 Å². The van der Waals surface area contributed by atoms with Gasteiger partial charge >= 0.3 is 5.97 Å². The first-order valence-electron chi connectivity index (χ1n) is 31.6. The standard InChI is InChI=1S/C66H75Cl2N9O24/c1-23(2)12-34(71-5)58(88)76-49-51(83)26-7-10-38(32(67)14-26)97-40-16-28-17-41(55(40)101-65-56(54(86)53(85)42(22-78)99-65)100-44-21-66(4,70)57(87)24(3)96-44)98-39-11-8-27(15-33(39)68)52(84)50-63(93)75-48(64(94)95)31-18-29(79)19-37(81)45(31)30-13-25(6-9-36(30)80)46(60(90)77-50)74-61(91)47(28)73-59(89)35(20-43(69)82)72-62(49)92/h6-11,13-19,23-24,34-35,42,44,46-54,56-57,65,71,78-81,83-87H,12,20-22,70H2,1-5H3,(H2,69,82)(H,72,92)(H,73,89)(H,74,91)(H,75,93)(H,76,88)(H,77,90)(H,94,95)/t24-,34+,35-,42?,44?,46+,47+,48-,49+,50-,51+,52+,53-,54?,56?,57?,65?,66?/m0/s1. The summed E-state index contributed by atoms with van der Waals surface area (Å²) in [5, 5.41) is 131. The number of primary amides is 1. The lowest BCUT2D eigenvalue weighted by atomic mass is 9.86. The van der Waals surface area contributed by atoms with Gasteiger partial charge in [0.15, 0.2) is 29.9 Å². The Morgan fingerprint density at radius 3 is 1.90 bits per heavy atom. The molecule has 33 nitrogen and oxygen atoms in total. The summed E-state index contributed by atoms with van der Waals surface area (Å²) in [6.07, 6.45) is -18.6. The Kier molecular flexibility index (Phi) is 22.2. The topological polar surface area (TPSA) is 530 Å². The van der Waals surface area contributed by atoms with Crippen LogP contribution >= 0.6 is 23.2 Å². The Morgan fingerprint density at radius 2 is 1.32 bits per heavy atom. The number of ether oxygens (including phenoxy) is 6. The first-order valence-corrected chi connectivity index (χ1v) is 32.4. The van der Waals surface area contributed by atoms with Crippen molar-refractivity contribution in [2.75, 3.05) is 13.7 Å². The number of carboxylic acid groups (broad SMARTS) is 1. The lowest BCUT2D eigenvalue weighted by molar-refractivity contribution is -0.333. The maximum atomic E-state index is 16.0. The lowest BCUT2D eigenvalue weighted by Gasteiger charge is -2.47. The highest BCUT2D eigenvalue weighted by atomic mass is 35.5. The van der Waals surface area contributed by atoms with E-state index in [0.717, 1.165) is 66.7 Å². The van der Waals surface area contributed by atoms with Gasteiger partial charge in [-0.1, -0.05) is 55.2 Å². The SMILES string of the molecule is CN[C@H](CC(C)C)C(=O)N[C@H]1C(=O)N[C@@H](CC(N)=O)C(=O)N[C@H]2C(=O)N[C@H]3C(=O)N[C@H](C(=O)N[C@H](C(=O)O)c4cc(O)cc(O)c4-c4cc3ccc4O)[C@H](O)c3ccc(c(Cl)c3)Oc3cc2cc(c3OC2OC(CO)[C@H](O)C(O)C2OC2CC(C)(N)C(O)[C@H](C)O2)Oc2ccc(cc2Cl)[C@H]1O. The summed E-state index contributed by atoms with van der Waals surface area (Å²) in [4.78, 5) is 117. The molecule has 7 heterocycles. The van der Waals surface area contributed by atoms with Gasteiger partial charge in [-0.25, -0.2) is 4.79 Å². The van der Waals surface area contributed by atoms with Gasteiger partial charge in [-0.3, -0.25) is 33.6 Å². The number of nitrogens with two attached hydrogens (primary N) is 2. The van der Waals surface area contributed by atoms with Crippen LogP contribution in [-0.4, -0.2) is 191 Å². The van der Waals surface area contributed by atoms with Gasteiger partial charge in [-0.2, -0.15) is 0 Å². The van der Waals surface area contributed by atoms with Crippen LogP contribution in [0.25, 0.3) is 11.1 Å². The third-order valence-corrected chi connectivity index (χ3v) is 18.4. The van der Waals surface area contributed by atoms with Gasteiger partial charge < -0.3 is 128 Å². The molecule has 2 fully saturated rings. The maximum absolute atomic E-state index is 16.0. The number of carbonyl (C=O) groups is 8. The van der Waals surface area contributed by atoms with Crippen molar-refractivity contribution in [3.63, 3.8) is 0 Å². The number of halogens is 2. The number of benzene rings is 5. The fraction of sp³-hybridized carbons (Fsp3) is 0.424. The molecular formula is C66H75Cl2N9O24. The number of aliphatic carboxylic acids is 1. The molecule has 7 amide bonds. The van der Waals surface area contributed by atoms with Crippen molar-refractivity contribution in [2.24, 2.45) is 17.4 Å². The number of nitrogens with one attached hydrogen (secondary N) is 7. The van der Waals surface area contributed by atoms with Crippen LogP contribution < -0.4 is 62.9 Å². The van der Waals surface area contributed by atoms with Crippen LogP contribution in [0.2, 0.25) is 10.0 Å². The number of amides is 7. The molecule has 0 aliphatic carbocycles. The van der Waals surface area contributed by atoms with Gasteiger partial charge in [-0.15, -0.1) is 0 Å². The molecule has 0 saturated carbocycles. The Morgan fingerprint density at radius 1 is 0.713 bits per heavy atom. The molecule has 21 N–H and O–H groups in total. The summed E-state index contributed by atoms with van der Waals surface area (Å²) >= 11 is 14.1. The molecule has 5 aromatic rings. The number of likely N-dealkylation sites (N-methyl/N-ethyl adjacent to an activating group) is 1. The van der Waals surface area contributed by atoms with E-state index in [1.807, 2.05) is 13.8 Å². The Bertz CT molecular complexity index is 4070. The number of hydrogen-bond acceptors (Lipinski definition) is 25. The molecule has 12 rings (SSSR count). The predicted molar refractivity (Wildman–Crippen MR) is 349 cm³/mol. The van der Waals surface area contributed by atoms with Gasteiger partial charge in [0.2, 0.25) is 53.4 Å². The van der Waals surface area contributed by atoms with E-state index in [1.165, 1.54) is 33.0 Å². The molecule has 18 atom stereocenters. The molecule has 0 spiro atoms. The van der Waals surface area contributed by atoms with E-state index in [4.69, 9.17) is 63.1 Å². The van der Waals surface area contributed by atoms with Gasteiger partial charge in [0.1, 0.15) is 89.5 Å². The highest BCUT2D eigenvalue weighted by molar-refractivity contribution is 6.32. The number of carboxylic acids is 1. The number of carbonyl (C=O) groups excluding carboxylic acids is 7. The number of aromatic hydroxyl groups is 3. The molecule has 542 valence electrons. The maximum Gasteiger partial charge on any atom is 0.330 e. The van der Waals surface area contributed by atoms with Crippen molar-refractivity contribution in [1.82, 2.24) is 37.2 Å². The van der Waals surface area contributed by atoms with Crippen molar-refractivity contribution in [1.29, 1.82) is 0 Å². The molecule has 7 aliphatic rings. The first-order chi connectivity index (χ1) is 47.7. The van der Waals surface area contributed by atoms with Crippen LogP contribution in [0.4, 0.5) is 0 Å². The van der Waals surface area contributed by atoms with Crippen molar-refractivity contribution >= 4 is 70.5 Å². The van der Waals surface area contributed by atoms with Crippen molar-refractivity contribution in [2.45, 2.75) is 156 Å². The Balaban J connectivity index is 1.24. The molecule has 5 aromatic carbocycles. The second-order valence-corrected chi connectivity index (χ2v) is 26.5. The normalized spacial score (nSPS) is 29.4. The summed E-state index contributed by atoms with van der Waals surface area (Å²) in [6.45, 7) is 5.66. The van der Waals surface area contributed by atoms with Gasteiger partial charge in [0.05, 0.1) is 41.3 Å². The molecule has 0 aromatic heterocycles. The molecule has 0 radical (unpaired) electrons. The zero-order valence-electron chi connectivity index (χ0n) is 54.3. The van der Waals surface area contributed by atoms with Gasteiger partial charge in [0.25, 0.3) is 0 Å². The summed E-state index contributed by atoms with van der Waals surface area (Å²) in [7, 11) is 1.47. The Labute approximate surface area is 584 Å². The summed E-state index contributed by atoms with van der Waals surface area (Å²) < 4.78 is 38.3. The van der Waals surface area contributed by atoms with Crippen LogP contribution in [0.3, 0.4) is 0 Å². The first kappa shape index (κ1) is 74.5. The minimum Gasteiger partial charge on any atom is -0.508 e. The van der Waals surface area contributed by atoms with Crippen LogP contribution in [0, 0.1) is 5.92 Å². The smallest absolute Gasteiger partial charge is 0.330 e. The van der Waals surface area contributed by atoms with Gasteiger partial charge in [-0.05, 0) is 110 Å². The number of hydrogen-bond donors (Lipinski definition) is 19. The van der Waals surface area contributed by atoms with Crippen LogP contribution in [-0.2, 0) is 52.6 Å². The van der Waals surface area contributed by atoms with Crippen LogP contribution in [0.1, 0.15) is 105 Å². The largest absolute Gasteiger partial charge is 0.508 e. The minimum absolute atomic E-state index is 0.0975. The van der Waals surface area contributed by atoms with E-state index in [0.29, 0.717) is 0 Å². The number of phenols is 3. The van der Waals surface area contributed by atoms with Crippen LogP contribution in [0.5, 0.6) is 46.0 Å². The molecule has 35 heteroatoms. The molecule has 7 aliphatic heterocycles. The molecule has 7 unspecified atom stereocenters. The number of aliphatic hydroxyl groups excluding tert-OH is 6. The van der Waals surface area contributed by atoms with E-state index < -0.39 is 237 Å². The van der Waals surface area contributed by atoms with E-state index in [-0.39, 0.29) is 46.2 Å². The van der Waals surface area contributed by atoms with Crippen molar-refractivity contribution in [3.8, 4) is 57.1 Å². The fourth-order valence-electron chi connectivity index (χ4n) is 12.5. The molecular weight excluding hydrogens is 1370 g/mol. The monoisotopic (exact) mass is 1450 g/mol.